The van der Waals surface area contributed by atoms with Gasteiger partial charge in [0.1, 0.15) is 0 Å². The minimum atomic E-state index is -3.68. The second kappa shape index (κ2) is 8.53. The third-order valence-electron chi connectivity index (χ3n) is 4.37. The van der Waals surface area contributed by atoms with Gasteiger partial charge in [-0.1, -0.05) is 13.0 Å². The van der Waals surface area contributed by atoms with Crippen LogP contribution in [0.5, 0.6) is 0 Å². The Kier molecular flexibility index (Phi) is 6.58. The van der Waals surface area contributed by atoms with Gasteiger partial charge < -0.3 is 10.6 Å². The van der Waals surface area contributed by atoms with E-state index in [1.165, 1.54) is 20.2 Å². The number of carbonyl (C=O) groups excluding carboxylic acids is 2. The molecule has 0 aromatic heterocycles. The molecule has 0 radical (unpaired) electrons. The Morgan fingerprint density at radius 3 is 2.18 bits per heavy atom. The van der Waals surface area contributed by atoms with Crippen molar-refractivity contribution in [2.75, 3.05) is 24.7 Å². The summed E-state index contributed by atoms with van der Waals surface area (Å²) in [5, 5.41) is 5.47. The van der Waals surface area contributed by atoms with Crippen molar-refractivity contribution in [1.82, 2.24) is 4.31 Å². The molecule has 2 amide bonds. The molecule has 0 unspecified atom stereocenters. The zero-order valence-corrected chi connectivity index (χ0v) is 17.5. The molecule has 0 aliphatic carbocycles. The van der Waals surface area contributed by atoms with Gasteiger partial charge in [-0.25, -0.2) is 12.7 Å². The standard InChI is InChI=1S/C20H25N3O4S/c1-6-19(24)21-16-8-7-9-17(12-16)22-20(25)15-10-13(2)14(3)18(11-15)28(26,27)23(4)5/h7-12H,6H2,1-5H3,(H,21,24)(H,22,25). The topological polar surface area (TPSA) is 95.6 Å². The van der Waals surface area contributed by atoms with Crippen molar-refractivity contribution < 1.29 is 18.0 Å². The van der Waals surface area contributed by atoms with E-state index < -0.39 is 15.9 Å². The molecule has 0 atom stereocenters. The maximum absolute atomic E-state index is 12.7. The first-order valence-corrected chi connectivity index (χ1v) is 10.2. The van der Waals surface area contributed by atoms with Gasteiger partial charge in [0.25, 0.3) is 5.91 Å². The van der Waals surface area contributed by atoms with Crippen molar-refractivity contribution in [2.24, 2.45) is 0 Å². The second-order valence-electron chi connectivity index (χ2n) is 6.64. The lowest BCUT2D eigenvalue weighted by Crippen LogP contribution is -2.24. The Morgan fingerprint density at radius 2 is 1.61 bits per heavy atom. The van der Waals surface area contributed by atoms with E-state index in [1.807, 2.05) is 0 Å². The molecule has 2 N–H and O–H groups in total. The monoisotopic (exact) mass is 403 g/mol. The molecule has 7 nitrogen and oxygen atoms in total. The molecule has 0 aliphatic rings. The number of amides is 2. The van der Waals surface area contributed by atoms with E-state index in [2.05, 4.69) is 10.6 Å². The first-order chi connectivity index (χ1) is 13.1. The summed E-state index contributed by atoms with van der Waals surface area (Å²) in [6, 6.07) is 9.81. The molecule has 28 heavy (non-hydrogen) atoms. The van der Waals surface area contributed by atoms with Crippen LogP contribution in [0.25, 0.3) is 0 Å². The fourth-order valence-corrected chi connectivity index (χ4v) is 3.77. The van der Waals surface area contributed by atoms with E-state index in [-0.39, 0.29) is 16.4 Å². The normalized spacial score (nSPS) is 11.4. The lowest BCUT2D eigenvalue weighted by atomic mass is 10.1. The van der Waals surface area contributed by atoms with E-state index in [9.17, 15) is 18.0 Å². The third kappa shape index (κ3) is 4.76. The molecular weight excluding hydrogens is 378 g/mol. The molecule has 0 aliphatic heterocycles. The number of sulfonamides is 1. The van der Waals surface area contributed by atoms with Crippen LogP contribution in [0.15, 0.2) is 41.3 Å². The molecule has 0 spiro atoms. The van der Waals surface area contributed by atoms with Gasteiger partial charge in [0.2, 0.25) is 15.9 Å². The number of rotatable bonds is 6. The van der Waals surface area contributed by atoms with Crippen molar-refractivity contribution in [3.63, 3.8) is 0 Å². The zero-order valence-electron chi connectivity index (χ0n) is 16.7. The Bertz CT molecular complexity index is 1010. The highest BCUT2D eigenvalue weighted by atomic mass is 32.2. The minimum Gasteiger partial charge on any atom is -0.326 e. The molecular formula is C20H25N3O4S. The number of nitrogens with one attached hydrogen (secondary N) is 2. The molecule has 150 valence electrons. The van der Waals surface area contributed by atoms with E-state index in [0.29, 0.717) is 28.9 Å². The Labute approximate surface area is 165 Å². The van der Waals surface area contributed by atoms with Gasteiger partial charge in [0, 0.05) is 37.5 Å². The molecule has 2 aromatic carbocycles. The zero-order chi connectivity index (χ0) is 21.1. The SMILES string of the molecule is CCC(=O)Nc1cccc(NC(=O)c2cc(C)c(C)c(S(=O)(=O)N(C)C)c2)c1. The van der Waals surface area contributed by atoms with Crippen LogP contribution in [0.1, 0.15) is 34.8 Å². The summed E-state index contributed by atoms with van der Waals surface area (Å²) >= 11 is 0. The maximum Gasteiger partial charge on any atom is 0.255 e. The molecule has 0 saturated carbocycles. The highest BCUT2D eigenvalue weighted by Gasteiger charge is 2.23. The first-order valence-electron chi connectivity index (χ1n) is 8.81. The van der Waals surface area contributed by atoms with Gasteiger partial charge in [0.05, 0.1) is 4.90 Å². The lowest BCUT2D eigenvalue weighted by Gasteiger charge is -2.16. The predicted molar refractivity (Wildman–Crippen MR) is 110 cm³/mol. The molecule has 8 heteroatoms. The fraction of sp³-hybridized carbons (Fsp3) is 0.300. The Balaban J connectivity index is 2.34. The van der Waals surface area contributed by atoms with Crippen LogP contribution in [0.4, 0.5) is 11.4 Å². The van der Waals surface area contributed by atoms with E-state index in [1.54, 1.807) is 51.1 Å². The van der Waals surface area contributed by atoms with Crippen LogP contribution < -0.4 is 10.6 Å². The molecule has 0 bridgehead atoms. The van der Waals surface area contributed by atoms with Crippen LogP contribution in [0, 0.1) is 13.8 Å². The highest BCUT2D eigenvalue weighted by molar-refractivity contribution is 7.89. The minimum absolute atomic E-state index is 0.103. The van der Waals surface area contributed by atoms with Crippen molar-refractivity contribution in [2.45, 2.75) is 32.1 Å². The number of hydrogen-bond donors (Lipinski definition) is 2. The fourth-order valence-electron chi connectivity index (χ4n) is 2.55. The third-order valence-corrected chi connectivity index (χ3v) is 6.31. The van der Waals surface area contributed by atoms with Crippen LogP contribution in [0.3, 0.4) is 0 Å². The molecule has 0 saturated heterocycles. The van der Waals surface area contributed by atoms with Gasteiger partial charge in [0.15, 0.2) is 0 Å². The number of carbonyl (C=O) groups is 2. The summed E-state index contributed by atoms with van der Waals surface area (Å²) in [6.45, 7) is 5.23. The quantitative estimate of drug-likeness (QED) is 0.774. The van der Waals surface area contributed by atoms with E-state index in [4.69, 9.17) is 0 Å². The lowest BCUT2D eigenvalue weighted by molar-refractivity contribution is -0.115. The van der Waals surface area contributed by atoms with E-state index >= 15 is 0 Å². The molecule has 0 heterocycles. The van der Waals surface area contributed by atoms with Gasteiger partial charge in [-0.05, 0) is 55.3 Å². The van der Waals surface area contributed by atoms with Gasteiger partial charge in [-0.3, -0.25) is 9.59 Å². The molecule has 2 aromatic rings. The smallest absolute Gasteiger partial charge is 0.255 e. The van der Waals surface area contributed by atoms with Gasteiger partial charge in [-0.15, -0.1) is 0 Å². The van der Waals surface area contributed by atoms with Crippen molar-refractivity contribution in [3.05, 3.63) is 53.1 Å². The first kappa shape index (κ1) is 21.6. The van der Waals surface area contributed by atoms with Crippen LogP contribution >= 0.6 is 0 Å². The van der Waals surface area contributed by atoms with Gasteiger partial charge in [-0.2, -0.15) is 0 Å². The Hall–Kier alpha value is -2.71. The highest BCUT2D eigenvalue weighted by Crippen LogP contribution is 2.24. The summed E-state index contributed by atoms with van der Waals surface area (Å²) in [4.78, 5) is 24.3. The second-order valence-corrected chi connectivity index (χ2v) is 8.76. The number of aryl methyl sites for hydroxylation is 1. The number of hydrogen-bond acceptors (Lipinski definition) is 4. The summed E-state index contributed by atoms with van der Waals surface area (Å²) < 4.78 is 26.3. The number of benzene rings is 2. The molecule has 0 fully saturated rings. The van der Waals surface area contributed by atoms with Crippen molar-refractivity contribution in [1.29, 1.82) is 0 Å². The van der Waals surface area contributed by atoms with Gasteiger partial charge >= 0.3 is 0 Å². The summed E-state index contributed by atoms with van der Waals surface area (Å²) in [5.41, 5.74) is 2.62. The van der Waals surface area contributed by atoms with Crippen LogP contribution in [0.2, 0.25) is 0 Å². The van der Waals surface area contributed by atoms with Crippen LogP contribution in [-0.4, -0.2) is 38.6 Å². The summed E-state index contributed by atoms with van der Waals surface area (Å²) in [5.74, 6) is -0.562. The Morgan fingerprint density at radius 1 is 1.00 bits per heavy atom. The maximum atomic E-state index is 12.7. The largest absolute Gasteiger partial charge is 0.326 e. The number of anilines is 2. The predicted octanol–water partition coefficient (Wildman–Crippen LogP) is 3.15. The number of nitrogens with zero attached hydrogens (tertiary/aromatic N) is 1. The molecule has 2 rings (SSSR count). The summed E-state index contributed by atoms with van der Waals surface area (Å²) in [7, 11) is -0.774. The van der Waals surface area contributed by atoms with Crippen LogP contribution in [-0.2, 0) is 14.8 Å². The average molecular weight is 404 g/mol. The van der Waals surface area contributed by atoms with E-state index in [0.717, 1.165) is 4.31 Å². The van der Waals surface area contributed by atoms with Crippen molar-refractivity contribution >= 4 is 33.2 Å². The van der Waals surface area contributed by atoms with Crippen molar-refractivity contribution in [3.8, 4) is 0 Å². The average Bonchev–Trinajstić information content (AvgIpc) is 2.63. The summed E-state index contributed by atoms with van der Waals surface area (Å²) in [6.07, 6.45) is 0.350.